The Morgan fingerprint density at radius 1 is 1.11 bits per heavy atom. The maximum Gasteiger partial charge on any atom is 0.272 e. The van der Waals surface area contributed by atoms with Crippen LogP contribution in [0.1, 0.15) is 20.4 Å². The van der Waals surface area contributed by atoms with E-state index in [2.05, 4.69) is 9.97 Å². The van der Waals surface area contributed by atoms with Crippen LogP contribution in [0.3, 0.4) is 0 Å². The number of hydrogen-bond donors (Lipinski definition) is 0. The molecule has 0 aliphatic rings. The van der Waals surface area contributed by atoms with Gasteiger partial charge in [-0.2, -0.15) is 0 Å². The van der Waals surface area contributed by atoms with Crippen molar-refractivity contribution >= 4 is 56.3 Å². The summed E-state index contributed by atoms with van der Waals surface area (Å²) in [6.45, 7) is 4.62. The van der Waals surface area contributed by atoms with Crippen LogP contribution in [0.5, 0.6) is 0 Å². The van der Waals surface area contributed by atoms with Crippen molar-refractivity contribution in [3.05, 3.63) is 39.3 Å². The molecule has 0 unspecified atom stereocenters. The van der Waals surface area contributed by atoms with Gasteiger partial charge in [0.1, 0.15) is 16.2 Å². The van der Waals surface area contributed by atoms with E-state index in [1.165, 1.54) is 22.3 Å². The second-order valence-electron chi connectivity index (χ2n) is 6.14. The summed E-state index contributed by atoms with van der Waals surface area (Å²) in [6.07, 6.45) is 0. The first-order chi connectivity index (χ1) is 12.3. The molecule has 146 valence electrons. The molecular formula is C17H19ClF2N4OS2. The van der Waals surface area contributed by atoms with Gasteiger partial charge in [-0.15, -0.1) is 23.7 Å². The summed E-state index contributed by atoms with van der Waals surface area (Å²) in [7, 11) is 3.80. The molecule has 3 aromatic rings. The van der Waals surface area contributed by atoms with Crippen molar-refractivity contribution in [2.24, 2.45) is 0 Å². The number of amides is 1. The number of fused-ring (bicyclic) bond motifs is 1. The molecule has 0 fully saturated rings. The van der Waals surface area contributed by atoms with Crippen LogP contribution in [0.2, 0.25) is 0 Å². The highest BCUT2D eigenvalue weighted by Gasteiger charge is 2.25. The quantitative estimate of drug-likeness (QED) is 0.603. The van der Waals surface area contributed by atoms with Crippen molar-refractivity contribution < 1.29 is 13.6 Å². The zero-order valence-electron chi connectivity index (χ0n) is 15.2. The van der Waals surface area contributed by atoms with E-state index in [0.29, 0.717) is 33.5 Å². The number of halogens is 3. The highest BCUT2D eigenvalue weighted by molar-refractivity contribution is 7.22. The molecule has 5 nitrogen and oxygen atoms in total. The van der Waals surface area contributed by atoms with Gasteiger partial charge in [0.2, 0.25) is 0 Å². The van der Waals surface area contributed by atoms with Gasteiger partial charge in [-0.05, 0) is 34.0 Å². The lowest BCUT2D eigenvalue weighted by Gasteiger charge is -2.21. The lowest BCUT2D eigenvalue weighted by molar-refractivity contribution is 0.0988. The van der Waals surface area contributed by atoms with Crippen LogP contribution in [0.25, 0.3) is 10.2 Å². The number of likely N-dealkylation sites (N-methyl/N-ethyl adjacent to an activating group) is 1. The van der Waals surface area contributed by atoms with Crippen molar-refractivity contribution in [3.63, 3.8) is 0 Å². The Balaban J connectivity index is 0.00000261. The fourth-order valence-electron chi connectivity index (χ4n) is 2.50. The number of carbonyl (C=O) groups excluding carboxylic acids is 1. The van der Waals surface area contributed by atoms with Crippen LogP contribution < -0.4 is 4.90 Å². The summed E-state index contributed by atoms with van der Waals surface area (Å²) >= 11 is 2.42. The lowest BCUT2D eigenvalue weighted by Crippen LogP contribution is -2.36. The molecule has 0 saturated heterocycles. The van der Waals surface area contributed by atoms with Gasteiger partial charge < -0.3 is 4.90 Å². The van der Waals surface area contributed by atoms with Crippen molar-refractivity contribution in [1.29, 1.82) is 0 Å². The second kappa shape index (κ2) is 8.55. The third kappa shape index (κ3) is 4.60. The largest absolute Gasteiger partial charge is 0.308 e. The van der Waals surface area contributed by atoms with Crippen LogP contribution in [0, 0.1) is 25.5 Å². The Labute approximate surface area is 170 Å². The van der Waals surface area contributed by atoms with Gasteiger partial charge in [0.15, 0.2) is 10.9 Å². The number of anilines is 1. The predicted octanol–water partition coefficient (Wildman–Crippen LogP) is 4.28. The minimum absolute atomic E-state index is 0. The smallest absolute Gasteiger partial charge is 0.272 e. The summed E-state index contributed by atoms with van der Waals surface area (Å²) in [4.78, 5) is 25.7. The van der Waals surface area contributed by atoms with Crippen LogP contribution in [-0.2, 0) is 0 Å². The van der Waals surface area contributed by atoms with E-state index in [1.807, 2.05) is 25.9 Å². The fraction of sp³-hybridized carbons (Fsp3) is 0.353. The highest BCUT2D eigenvalue weighted by Crippen LogP contribution is 2.32. The Kier molecular flexibility index (Phi) is 6.85. The number of thiazole rings is 2. The van der Waals surface area contributed by atoms with E-state index in [1.54, 1.807) is 6.92 Å². The molecule has 27 heavy (non-hydrogen) atoms. The maximum atomic E-state index is 14.0. The fourth-order valence-corrected chi connectivity index (χ4v) is 4.40. The minimum Gasteiger partial charge on any atom is -0.308 e. The van der Waals surface area contributed by atoms with Gasteiger partial charge >= 0.3 is 0 Å². The first kappa shape index (κ1) is 21.6. The average Bonchev–Trinajstić information content (AvgIpc) is 3.10. The number of rotatable bonds is 5. The van der Waals surface area contributed by atoms with Gasteiger partial charge in [-0.3, -0.25) is 9.69 Å². The first-order valence-electron chi connectivity index (χ1n) is 7.92. The molecule has 0 atom stereocenters. The van der Waals surface area contributed by atoms with Crippen LogP contribution in [0.15, 0.2) is 12.1 Å². The van der Waals surface area contributed by atoms with Crippen LogP contribution >= 0.6 is 35.1 Å². The topological polar surface area (TPSA) is 49.3 Å². The molecule has 0 saturated carbocycles. The van der Waals surface area contributed by atoms with Gasteiger partial charge in [0, 0.05) is 19.2 Å². The Bertz CT molecular complexity index is 973. The van der Waals surface area contributed by atoms with E-state index in [4.69, 9.17) is 0 Å². The van der Waals surface area contributed by atoms with E-state index >= 15 is 0 Å². The van der Waals surface area contributed by atoms with Crippen molar-refractivity contribution in [1.82, 2.24) is 14.9 Å². The van der Waals surface area contributed by atoms with Crippen molar-refractivity contribution in [3.8, 4) is 0 Å². The predicted molar refractivity (Wildman–Crippen MR) is 109 cm³/mol. The van der Waals surface area contributed by atoms with E-state index < -0.39 is 11.6 Å². The molecule has 0 aliphatic carbocycles. The number of nitrogens with zero attached hydrogens (tertiary/aromatic N) is 4. The molecule has 1 amide bonds. The number of benzene rings is 1. The van der Waals surface area contributed by atoms with E-state index in [0.717, 1.165) is 22.4 Å². The summed E-state index contributed by atoms with van der Waals surface area (Å²) in [5.41, 5.74) is 0.733. The summed E-state index contributed by atoms with van der Waals surface area (Å²) in [6, 6.07) is 2.03. The number of carbonyl (C=O) groups is 1. The molecule has 0 radical (unpaired) electrons. The van der Waals surface area contributed by atoms with Crippen molar-refractivity contribution in [2.75, 3.05) is 32.1 Å². The van der Waals surface area contributed by atoms with Crippen LogP contribution in [-0.4, -0.2) is 48.0 Å². The Morgan fingerprint density at radius 2 is 1.81 bits per heavy atom. The molecule has 1 aromatic carbocycles. The highest BCUT2D eigenvalue weighted by atomic mass is 35.5. The zero-order chi connectivity index (χ0) is 19.0. The van der Waals surface area contributed by atoms with E-state index in [-0.39, 0.29) is 23.8 Å². The monoisotopic (exact) mass is 432 g/mol. The van der Waals surface area contributed by atoms with E-state index in [9.17, 15) is 13.6 Å². The zero-order valence-corrected chi connectivity index (χ0v) is 17.7. The third-order valence-electron chi connectivity index (χ3n) is 3.75. The second-order valence-corrected chi connectivity index (χ2v) is 8.35. The molecule has 0 N–H and O–H groups in total. The van der Waals surface area contributed by atoms with Gasteiger partial charge in [0.05, 0.1) is 15.4 Å². The molecular weight excluding hydrogens is 414 g/mol. The Morgan fingerprint density at radius 3 is 2.41 bits per heavy atom. The minimum atomic E-state index is -0.729. The molecule has 2 heterocycles. The Hall–Kier alpha value is -1.68. The molecule has 3 rings (SSSR count). The number of aryl methyl sites for hydroxylation is 2. The average molecular weight is 433 g/mol. The SMILES string of the molecule is Cc1nc(C)c(C(=O)N(CCN(C)C)c2nc3c(F)cc(F)cc3s2)s1.Cl. The third-order valence-corrected chi connectivity index (χ3v) is 5.83. The number of hydrogen-bond acceptors (Lipinski definition) is 6. The molecule has 2 aromatic heterocycles. The molecule has 0 aliphatic heterocycles. The maximum absolute atomic E-state index is 14.0. The van der Waals surface area contributed by atoms with Crippen LogP contribution in [0.4, 0.5) is 13.9 Å². The standard InChI is InChI=1S/C17H18F2N4OS2.ClH/c1-9-15(25-10(2)20-9)16(24)23(6-5-22(3)4)17-21-14-12(19)7-11(18)8-13(14)26-17;/h7-8H,5-6H2,1-4H3;1H. The van der Waals surface area contributed by atoms with Crippen molar-refractivity contribution in [2.45, 2.75) is 13.8 Å². The normalized spacial score (nSPS) is 11.1. The number of aromatic nitrogens is 2. The molecule has 0 bridgehead atoms. The molecule has 10 heteroatoms. The van der Waals surface area contributed by atoms with Gasteiger partial charge in [0.25, 0.3) is 5.91 Å². The van der Waals surface area contributed by atoms with Gasteiger partial charge in [-0.25, -0.2) is 18.7 Å². The molecule has 0 spiro atoms. The van der Waals surface area contributed by atoms with Gasteiger partial charge in [-0.1, -0.05) is 11.3 Å². The lowest BCUT2D eigenvalue weighted by atomic mass is 10.3. The summed E-state index contributed by atoms with van der Waals surface area (Å²) < 4.78 is 27.9. The summed E-state index contributed by atoms with van der Waals surface area (Å²) in [5, 5.41) is 1.15. The summed E-state index contributed by atoms with van der Waals surface area (Å²) in [5.74, 6) is -1.62. The first-order valence-corrected chi connectivity index (χ1v) is 9.55.